The summed E-state index contributed by atoms with van der Waals surface area (Å²) >= 11 is 0. The van der Waals surface area contributed by atoms with Crippen molar-refractivity contribution in [2.45, 2.75) is 53.5 Å². The van der Waals surface area contributed by atoms with E-state index in [-0.39, 0.29) is 17.3 Å². The van der Waals surface area contributed by atoms with Crippen LogP contribution in [0.5, 0.6) is 0 Å². The molecule has 19 heavy (non-hydrogen) atoms. The van der Waals surface area contributed by atoms with E-state index in [4.69, 9.17) is 5.73 Å². The van der Waals surface area contributed by atoms with Crippen molar-refractivity contribution in [2.75, 3.05) is 5.32 Å². The number of nitrogens with two attached hydrogens (primary N) is 1. The van der Waals surface area contributed by atoms with Gasteiger partial charge in [0, 0.05) is 0 Å². The molecule has 0 aliphatic heterocycles. The average Bonchev–Trinajstić information content (AvgIpc) is 2.36. The first kappa shape index (κ1) is 15.5. The van der Waals surface area contributed by atoms with Crippen LogP contribution in [0, 0.1) is 5.41 Å². The number of hydrogen-bond acceptors (Lipinski definition) is 5. The number of amides is 1. The van der Waals surface area contributed by atoms with Crippen LogP contribution in [0.1, 0.15) is 46.0 Å². The highest BCUT2D eigenvalue weighted by atomic mass is 16.2. The lowest BCUT2D eigenvalue weighted by Crippen LogP contribution is -2.45. The van der Waals surface area contributed by atoms with Gasteiger partial charge >= 0.3 is 0 Å². The number of hydrogen-bond donors (Lipinski definition) is 2. The molecule has 0 fully saturated rings. The molecule has 1 atom stereocenters. The van der Waals surface area contributed by atoms with Gasteiger partial charge in [-0.15, -0.1) is 10.2 Å². The van der Waals surface area contributed by atoms with Crippen LogP contribution >= 0.6 is 0 Å². The Morgan fingerprint density at radius 3 is 2.26 bits per heavy atom. The number of nitrogens with one attached hydrogen (secondary N) is 1. The molecule has 1 amide bonds. The summed E-state index contributed by atoms with van der Waals surface area (Å²) in [6.45, 7) is 9.73. The molecule has 3 N–H and O–H groups in total. The summed E-state index contributed by atoms with van der Waals surface area (Å²) < 4.78 is 0. The Morgan fingerprint density at radius 1 is 1.21 bits per heavy atom. The smallest absolute Gasteiger partial charge is 0.249 e. The van der Waals surface area contributed by atoms with Gasteiger partial charge in [0.1, 0.15) is 0 Å². The molecule has 106 valence electrons. The van der Waals surface area contributed by atoms with Crippen molar-refractivity contribution in [3.63, 3.8) is 0 Å². The lowest BCUT2D eigenvalue weighted by atomic mass is 9.87. The average molecular weight is 265 g/mol. The topological polar surface area (TPSA) is 93.8 Å². The Morgan fingerprint density at radius 2 is 1.79 bits per heavy atom. The standard InChI is InChI=1S/C13H23N5O/c1-6-8-9(7-2)17-18-12(15-8)16-11(19)10(14)13(3,4)5/h10H,6-7,14H2,1-5H3,(H,15,16,18,19). The van der Waals surface area contributed by atoms with Crippen LogP contribution in [0.25, 0.3) is 0 Å². The molecule has 0 saturated carbocycles. The van der Waals surface area contributed by atoms with Crippen LogP contribution < -0.4 is 11.1 Å². The predicted molar refractivity (Wildman–Crippen MR) is 74.6 cm³/mol. The van der Waals surface area contributed by atoms with E-state index < -0.39 is 6.04 Å². The molecule has 6 heteroatoms. The van der Waals surface area contributed by atoms with E-state index in [9.17, 15) is 4.79 Å². The summed E-state index contributed by atoms with van der Waals surface area (Å²) in [5, 5.41) is 10.6. The molecule has 1 heterocycles. The van der Waals surface area contributed by atoms with E-state index in [1.165, 1.54) is 0 Å². The number of aromatic nitrogens is 3. The molecule has 6 nitrogen and oxygen atoms in total. The van der Waals surface area contributed by atoms with Crippen molar-refractivity contribution < 1.29 is 4.79 Å². The fourth-order valence-electron chi connectivity index (χ4n) is 1.57. The fraction of sp³-hybridized carbons (Fsp3) is 0.692. The second-order valence-electron chi connectivity index (χ2n) is 5.57. The van der Waals surface area contributed by atoms with Crippen molar-refractivity contribution in [3.05, 3.63) is 11.4 Å². The molecule has 1 aromatic rings. The molecule has 0 aliphatic rings. The maximum Gasteiger partial charge on any atom is 0.249 e. The maximum atomic E-state index is 12.0. The molecule has 0 bridgehead atoms. The summed E-state index contributed by atoms with van der Waals surface area (Å²) in [6.07, 6.45) is 1.53. The van der Waals surface area contributed by atoms with Crippen molar-refractivity contribution in [1.82, 2.24) is 15.2 Å². The van der Waals surface area contributed by atoms with Crippen molar-refractivity contribution in [3.8, 4) is 0 Å². The Bertz CT molecular complexity index is 453. The minimum absolute atomic E-state index is 0.221. The zero-order valence-corrected chi connectivity index (χ0v) is 12.3. The van der Waals surface area contributed by atoms with E-state index >= 15 is 0 Å². The molecular weight excluding hydrogens is 242 g/mol. The lowest BCUT2D eigenvalue weighted by Gasteiger charge is -2.25. The van der Waals surface area contributed by atoms with Crippen LogP contribution in [0.3, 0.4) is 0 Å². The van der Waals surface area contributed by atoms with E-state index in [0.717, 1.165) is 24.2 Å². The van der Waals surface area contributed by atoms with Gasteiger partial charge < -0.3 is 5.73 Å². The fourth-order valence-corrected chi connectivity index (χ4v) is 1.57. The lowest BCUT2D eigenvalue weighted by molar-refractivity contribution is -0.119. The van der Waals surface area contributed by atoms with Crippen molar-refractivity contribution in [2.24, 2.45) is 11.1 Å². The zero-order valence-electron chi connectivity index (χ0n) is 12.3. The first-order valence-electron chi connectivity index (χ1n) is 6.58. The van der Waals surface area contributed by atoms with Crippen LogP contribution in [0.2, 0.25) is 0 Å². The predicted octanol–water partition coefficient (Wildman–Crippen LogP) is 1.31. The Balaban J connectivity index is 2.86. The molecule has 0 spiro atoms. The number of carbonyl (C=O) groups is 1. The number of anilines is 1. The van der Waals surface area contributed by atoms with Crippen molar-refractivity contribution >= 4 is 11.9 Å². The van der Waals surface area contributed by atoms with Gasteiger partial charge in [0.2, 0.25) is 11.9 Å². The van der Waals surface area contributed by atoms with Gasteiger partial charge in [-0.25, -0.2) is 4.98 Å². The van der Waals surface area contributed by atoms with Crippen LogP contribution in [-0.2, 0) is 17.6 Å². The first-order chi connectivity index (χ1) is 8.79. The number of nitrogens with zero attached hydrogens (tertiary/aromatic N) is 3. The summed E-state index contributed by atoms with van der Waals surface area (Å²) in [5.74, 6) is -0.0700. The normalized spacial score (nSPS) is 13.2. The molecule has 0 aromatic carbocycles. The summed E-state index contributed by atoms with van der Waals surface area (Å²) in [7, 11) is 0. The van der Waals surface area contributed by atoms with Gasteiger partial charge in [0.15, 0.2) is 0 Å². The third-order valence-electron chi connectivity index (χ3n) is 2.96. The number of carbonyl (C=O) groups excluding carboxylic acids is 1. The van der Waals surface area contributed by atoms with Gasteiger partial charge in [-0.1, -0.05) is 34.6 Å². The van der Waals surface area contributed by atoms with Gasteiger partial charge in [0.25, 0.3) is 0 Å². The van der Waals surface area contributed by atoms with Gasteiger partial charge in [-0.3, -0.25) is 10.1 Å². The second kappa shape index (κ2) is 6.06. The minimum Gasteiger partial charge on any atom is -0.319 e. The monoisotopic (exact) mass is 265 g/mol. The van der Waals surface area contributed by atoms with Gasteiger partial charge in [0.05, 0.1) is 17.4 Å². The van der Waals surface area contributed by atoms with Crippen molar-refractivity contribution in [1.29, 1.82) is 0 Å². The summed E-state index contributed by atoms with van der Waals surface area (Å²) in [6, 6.07) is -0.618. The van der Waals surface area contributed by atoms with E-state index in [1.54, 1.807) is 0 Å². The number of rotatable bonds is 4. The molecule has 1 rings (SSSR count). The van der Waals surface area contributed by atoms with E-state index in [2.05, 4.69) is 20.5 Å². The highest BCUT2D eigenvalue weighted by Crippen LogP contribution is 2.18. The number of aryl methyl sites for hydroxylation is 2. The molecule has 1 aromatic heterocycles. The molecule has 0 radical (unpaired) electrons. The van der Waals surface area contributed by atoms with Gasteiger partial charge in [-0.2, -0.15) is 0 Å². The third-order valence-corrected chi connectivity index (χ3v) is 2.96. The van der Waals surface area contributed by atoms with Crippen LogP contribution in [0.4, 0.5) is 5.95 Å². The Labute approximate surface area is 114 Å². The van der Waals surface area contributed by atoms with Crippen LogP contribution in [0.15, 0.2) is 0 Å². The third kappa shape index (κ3) is 3.96. The van der Waals surface area contributed by atoms with E-state index in [1.807, 2.05) is 34.6 Å². The summed E-state index contributed by atoms with van der Waals surface area (Å²) in [5.41, 5.74) is 7.29. The Kier molecular flexibility index (Phi) is 4.94. The molecular formula is C13H23N5O. The highest BCUT2D eigenvalue weighted by molar-refractivity contribution is 5.93. The SMILES string of the molecule is CCc1nnc(NC(=O)C(N)C(C)(C)C)nc1CC. The molecule has 1 unspecified atom stereocenters. The van der Waals surface area contributed by atoms with Gasteiger partial charge in [-0.05, 0) is 18.3 Å². The van der Waals surface area contributed by atoms with E-state index in [0.29, 0.717) is 0 Å². The quantitative estimate of drug-likeness (QED) is 0.856. The minimum atomic E-state index is -0.618. The summed E-state index contributed by atoms with van der Waals surface area (Å²) in [4.78, 5) is 16.3. The highest BCUT2D eigenvalue weighted by Gasteiger charge is 2.28. The first-order valence-corrected chi connectivity index (χ1v) is 6.58. The zero-order chi connectivity index (χ0) is 14.6. The second-order valence-corrected chi connectivity index (χ2v) is 5.57. The van der Waals surface area contributed by atoms with Crippen LogP contribution in [-0.4, -0.2) is 27.1 Å². The molecule has 0 saturated heterocycles. The Hall–Kier alpha value is -1.56. The largest absolute Gasteiger partial charge is 0.319 e. The maximum absolute atomic E-state index is 12.0. The molecule has 0 aliphatic carbocycles.